The molecular weight excluding hydrogens is 794 g/mol. The average Bonchev–Trinajstić information content (AvgIpc) is 3.67. The Balaban J connectivity index is 0.00000432. The Kier molecular flexibility index (Phi) is 9.33. The Labute approximate surface area is 312 Å². The fourth-order valence-corrected chi connectivity index (χ4v) is 6.27. The van der Waals surface area contributed by atoms with Gasteiger partial charge in [-0.15, -0.1) is 54.1 Å². The smallest absolute Gasteiger partial charge is 0.509 e. The molecule has 1 aromatic heterocycles. The van der Waals surface area contributed by atoms with E-state index in [2.05, 4.69) is 175 Å². The van der Waals surface area contributed by atoms with Crippen LogP contribution in [0.4, 0.5) is 11.4 Å². The van der Waals surface area contributed by atoms with Gasteiger partial charge in [0, 0.05) is 22.7 Å². The number of hydrogen-bond donors (Lipinski definition) is 0. The number of nitrogens with zero attached hydrogens (tertiary/aromatic N) is 3. The van der Waals surface area contributed by atoms with Gasteiger partial charge in [-0.1, -0.05) is 97.8 Å². The molecular formula is C45H45N3OPt. The van der Waals surface area contributed by atoms with Crippen molar-refractivity contribution in [3.8, 4) is 17.2 Å². The fraction of sp³-hybridized carbons (Fsp3) is 0.267. The van der Waals surface area contributed by atoms with E-state index in [1.54, 1.807) is 0 Å². The third kappa shape index (κ3) is 7.01. The first kappa shape index (κ1) is 35.6. The standard InChI is InChI=1S/C45H45N3O.Pt/c1-43(2,3)31-14-12-16-35(25-31)48-41-19-11-10-18-39(41)40-21-20-38(29-42(40)48)49-37-17-13-15-34(28-37)46-22-23-47(30-46)36-26-32(44(4,5)6)24-33(27-36)45(7,8)9;/h10-15,17-27,30H,1-9H3;/q-4;+4. The number of aromatic nitrogens is 1. The van der Waals surface area contributed by atoms with Gasteiger partial charge in [-0.2, -0.15) is 35.9 Å². The van der Waals surface area contributed by atoms with Crippen molar-refractivity contribution in [1.29, 1.82) is 0 Å². The van der Waals surface area contributed by atoms with Crippen molar-refractivity contribution in [3.63, 3.8) is 0 Å². The van der Waals surface area contributed by atoms with Crippen LogP contribution in [-0.2, 0) is 37.3 Å². The van der Waals surface area contributed by atoms with E-state index in [9.17, 15) is 0 Å². The molecule has 50 heavy (non-hydrogen) atoms. The predicted octanol–water partition coefficient (Wildman–Crippen LogP) is 11.8. The third-order valence-electron chi connectivity index (χ3n) is 9.29. The van der Waals surface area contributed by atoms with Crippen LogP contribution in [0, 0.1) is 24.9 Å². The molecule has 0 fully saturated rings. The summed E-state index contributed by atoms with van der Waals surface area (Å²) in [6.07, 6.45) is 4.16. The summed E-state index contributed by atoms with van der Waals surface area (Å²) in [6, 6.07) is 42.5. The summed E-state index contributed by atoms with van der Waals surface area (Å²) < 4.78 is 8.70. The first-order chi connectivity index (χ1) is 23.1. The summed E-state index contributed by atoms with van der Waals surface area (Å²) in [6.45, 7) is 22.4. The minimum Gasteiger partial charge on any atom is -0.509 e. The van der Waals surface area contributed by atoms with E-state index in [-0.39, 0.29) is 37.3 Å². The Morgan fingerprint density at radius 1 is 0.580 bits per heavy atom. The van der Waals surface area contributed by atoms with Crippen molar-refractivity contribution < 1.29 is 25.8 Å². The van der Waals surface area contributed by atoms with Crippen molar-refractivity contribution in [2.45, 2.75) is 78.6 Å². The first-order valence-electron chi connectivity index (χ1n) is 17.1. The number of hydrogen-bond acceptors (Lipinski definition) is 3. The van der Waals surface area contributed by atoms with Crippen LogP contribution < -0.4 is 14.5 Å². The minimum absolute atomic E-state index is 0. The second-order valence-electron chi connectivity index (χ2n) is 16.1. The van der Waals surface area contributed by atoms with Crippen molar-refractivity contribution in [3.05, 3.63) is 145 Å². The molecule has 0 saturated heterocycles. The maximum absolute atomic E-state index is 6.46. The molecule has 0 aliphatic carbocycles. The van der Waals surface area contributed by atoms with Gasteiger partial charge in [-0.3, -0.25) is 0 Å². The Bertz CT molecular complexity index is 2170. The Hall–Kier alpha value is -4.27. The zero-order valence-electron chi connectivity index (χ0n) is 30.5. The molecule has 5 aromatic carbocycles. The quantitative estimate of drug-likeness (QED) is 0.161. The monoisotopic (exact) mass is 838 g/mol. The average molecular weight is 839 g/mol. The summed E-state index contributed by atoms with van der Waals surface area (Å²) >= 11 is 0. The van der Waals surface area contributed by atoms with Crippen LogP contribution in [0.15, 0.2) is 103 Å². The molecule has 4 nitrogen and oxygen atoms in total. The van der Waals surface area contributed by atoms with E-state index in [4.69, 9.17) is 4.74 Å². The van der Waals surface area contributed by atoms with E-state index in [0.29, 0.717) is 11.5 Å². The van der Waals surface area contributed by atoms with Crippen LogP contribution >= 0.6 is 0 Å². The largest absolute Gasteiger partial charge is 4.00 e. The number of fused-ring (bicyclic) bond motifs is 3. The second-order valence-corrected chi connectivity index (χ2v) is 16.1. The zero-order chi connectivity index (χ0) is 34.7. The molecule has 5 heteroatoms. The number of para-hydroxylation sites is 1. The molecule has 0 saturated carbocycles. The fourth-order valence-electron chi connectivity index (χ4n) is 6.27. The van der Waals surface area contributed by atoms with Gasteiger partial charge in [0.2, 0.25) is 0 Å². The van der Waals surface area contributed by atoms with E-state index >= 15 is 0 Å². The Morgan fingerprint density at radius 2 is 1.24 bits per heavy atom. The molecule has 256 valence electrons. The summed E-state index contributed by atoms with van der Waals surface area (Å²) in [4.78, 5) is 4.26. The van der Waals surface area contributed by atoms with Crippen LogP contribution in [0.5, 0.6) is 11.5 Å². The molecule has 6 aromatic rings. The summed E-state index contributed by atoms with van der Waals surface area (Å²) in [5.74, 6) is 1.26. The van der Waals surface area contributed by atoms with Gasteiger partial charge in [0.25, 0.3) is 0 Å². The van der Waals surface area contributed by atoms with Gasteiger partial charge in [0.05, 0.1) is 0 Å². The van der Waals surface area contributed by atoms with Crippen LogP contribution in [-0.4, -0.2) is 4.57 Å². The van der Waals surface area contributed by atoms with Crippen LogP contribution in [0.3, 0.4) is 0 Å². The van der Waals surface area contributed by atoms with Gasteiger partial charge in [0.15, 0.2) is 0 Å². The van der Waals surface area contributed by atoms with Gasteiger partial charge >= 0.3 is 21.1 Å². The maximum Gasteiger partial charge on any atom is 4.00 e. The van der Waals surface area contributed by atoms with Crippen molar-refractivity contribution >= 4 is 33.2 Å². The number of rotatable bonds is 5. The van der Waals surface area contributed by atoms with Crippen LogP contribution in [0.2, 0.25) is 0 Å². The predicted molar refractivity (Wildman–Crippen MR) is 205 cm³/mol. The molecule has 2 heterocycles. The van der Waals surface area contributed by atoms with Crippen molar-refractivity contribution in [2.24, 2.45) is 0 Å². The molecule has 0 radical (unpaired) electrons. The first-order valence-corrected chi connectivity index (χ1v) is 17.1. The normalized spacial score (nSPS) is 13.7. The molecule has 0 unspecified atom stereocenters. The van der Waals surface area contributed by atoms with Crippen LogP contribution in [0.1, 0.15) is 79.0 Å². The summed E-state index contributed by atoms with van der Waals surface area (Å²) in [5.41, 5.74) is 9.11. The molecule has 0 spiro atoms. The Morgan fingerprint density at radius 3 is 1.94 bits per heavy atom. The third-order valence-corrected chi connectivity index (χ3v) is 9.29. The molecule has 0 bridgehead atoms. The van der Waals surface area contributed by atoms with E-state index in [1.165, 1.54) is 22.1 Å². The second kappa shape index (κ2) is 13.1. The van der Waals surface area contributed by atoms with Crippen molar-refractivity contribution in [1.82, 2.24) is 4.57 Å². The SMILES string of the molecule is CC(C)(C)c1cc[c-]c(-n2c3[c-]c(Oc4[c-]c(N5C=CN(c6cc(C(C)(C)C)cc(C(C)(C)C)c6)[CH-]5)ccc4)ccc3c3ccccc32)c1.[Pt+4]. The molecule has 7 rings (SSSR count). The summed E-state index contributed by atoms with van der Waals surface area (Å²) in [5, 5.41) is 2.30. The molecule has 0 N–H and O–H groups in total. The topological polar surface area (TPSA) is 20.6 Å². The van der Waals surface area contributed by atoms with E-state index in [0.717, 1.165) is 33.5 Å². The maximum atomic E-state index is 6.46. The van der Waals surface area contributed by atoms with E-state index in [1.807, 2.05) is 30.3 Å². The molecule has 0 amide bonds. The minimum atomic E-state index is 0. The zero-order valence-corrected chi connectivity index (χ0v) is 32.7. The number of benzene rings is 5. The van der Waals surface area contributed by atoms with Gasteiger partial charge in [0.1, 0.15) is 0 Å². The van der Waals surface area contributed by atoms with Gasteiger partial charge in [-0.05, 0) is 63.4 Å². The van der Waals surface area contributed by atoms with E-state index < -0.39 is 0 Å². The number of ether oxygens (including phenoxy) is 1. The molecule has 1 aliphatic heterocycles. The van der Waals surface area contributed by atoms with Crippen LogP contribution in [0.25, 0.3) is 27.5 Å². The van der Waals surface area contributed by atoms with Gasteiger partial charge < -0.3 is 19.1 Å². The van der Waals surface area contributed by atoms with Gasteiger partial charge in [-0.25, -0.2) is 0 Å². The molecule has 1 aliphatic rings. The molecule has 0 atom stereocenters. The number of anilines is 2. The summed E-state index contributed by atoms with van der Waals surface area (Å²) in [7, 11) is 0. The van der Waals surface area contributed by atoms with Crippen molar-refractivity contribution in [2.75, 3.05) is 9.80 Å².